The van der Waals surface area contributed by atoms with Crippen LogP contribution in [0, 0.1) is 6.92 Å². The quantitative estimate of drug-likeness (QED) is 0.598. The molecule has 0 bridgehead atoms. The minimum atomic E-state index is 0.0290. The van der Waals surface area contributed by atoms with Crippen LogP contribution in [0.5, 0.6) is 5.75 Å². The van der Waals surface area contributed by atoms with E-state index in [4.69, 9.17) is 9.26 Å². The van der Waals surface area contributed by atoms with Crippen LogP contribution < -0.4 is 4.74 Å². The molecular formula is C24H30N4O3. The van der Waals surface area contributed by atoms with Gasteiger partial charge in [-0.25, -0.2) is 4.98 Å². The molecule has 1 fully saturated rings. The van der Waals surface area contributed by atoms with Crippen molar-refractivity contribution < 1.29 is 14.1 Å². The predicted molar refractivity (Wildman–Crippen MR) is 119 cm³/mol. The van der Waals surface area contributed by atoms with Gasteiger partial charge in [-0.1, -0.05) is 31.1 Å². The van der Waals surface area contributed by atoms with E-state index >= 15 is 0 Å². The van der Waals surface area contributed by atoms with Crippen molar-refractivity contribution in [1.29, 1.82) is 0 Å². The van der Waals surface area contributed by atoms with E-state index in [1.807, 2.05) is 36.9 Å². The van der Waals surface area contributed by atoms with Crippen LogP contribution in [-0.4, -0.2) is 58.6 Å². The first kappa shape index (κ1) is 21.3. The van der Waals surface area contributed by atoms with E-state index in [9.17, 15) is 4.79 Å². The van der Waals surface area contributed by atoms with Gasteiger partial charge in [0, 0.05) is 38.4 Å². The van der Waals surface area contributed by atoms with Gasteiger partial charge < -0.3 is 14.2 Å². The lowest BCUT2D eigenvalue weighted by Crippen LogP contribution is -2.48. The van der Waals surface area contributed by atoms with Crippen molar-refractivity contribution in [3.05, 3.63) is 52.8 Å². The summed E-state index contributed by atoms with van der Waals surface area (Å²) in [5.41, 5.74) is 3.89. The van der Waals surface area contributed by atoms with Crippen molar-refractivity contribution in [3.63, 3.8) is 0 Å². The summed E-state index contributed by atoms with van der Waals surface area (Å²) < 4.78 is 10.9. The molecule has 0 saturated carbocycles. The number of benzene rings is 1. The molecule has 31 heavy (non-hydrogen) atoms. The van der Waals surface area contributed by atoms with Crippen LogP contribution in [-0.2, 0) is 6.54 Å². The molecule has 4 rings (SSSR count). The maximum Gasteiger partial charge on any atom is 0.259 e. The molecule has 0 unspecified atom stereocenters. The number of carbonyl (C=O) groups excluding carboxylic acids is 1. The zero-order valence-corrected chi connectivity index (χ0v) is 18.7. The number of pyridine rings is 1. The van der Waals surface area contributed by atoms with Gasteiger partial charge in [-0.05, 0) is 43.5 Å². The average molecular weight is 423 g/mol. The minimum absolute atomic E-state index is 0.0290. The molecular weight excluding hydrogens is 392 g/mol. The minimum Gasteiger partial charge on any atom is -0.494 e. The van der Waals surface area contributed by atoms with Gasteiger partial charge in [-0.2, -0.15) is 0 Å². The van der Waals surface area contributed by atoms with Gasteiger partial charge >= 0.3 is 0 Å². The Morgan fingerprint density at radius 2 is 1.87 bits per heavy atom. The molecule has 0 atom stereocenters. The molecule has 0 N–H and O–H groups in total. The highest BCUT2D eigenvalue weighted by Crippen LogP contribution is 2.26. The van der Waals surface area contributed by atoms with Crippen LogP contribution >= 0.6 is 0 Å². The smallest absolute Gasteiger partial charge is 0.259 e. The molecule has 1 aromatic carbocycles. The van der Waals surface area contributed by atoms with Gasteiger partial charge in [-0.3, -0.25) is 9.69 Å². The molecule has 7 nitrogen and oxygen atoms in total. The summed E-state index contributed by atoms with van der Waals surface area (Å²) in [4.78, 5) is 22.3. The first-order chi connectivity index (χ1) is 15.0. The first-order valence-corrected chi connectivity index (χ1v) is 11.0. The zero-order valence-electron chi connectivity index (χ0n) is 18.7. The first-order valence-electron chi connectivity index (χ1n) is 11.0. The Morgan fingerprint density at radius 3 is 2.52 bits per heavy atom. The van der Waals surface area contributed by atoms with E-state index in [1.54, 1.807) is 0 Å². The number of aromatic nitrogens is 2. The van der Waals surface area contributed by atoms with Crippen molar-refractivity contribution >= 4 is 17.0 Å². The molecule has 1 aliphatic heterocycles. The lowest BCUT2D eigenvalue weighted by molar-refractivity contribution is 0.0630. The molecule has 1 saturated heterocycles. The Labute approximate surface area is 183 Å². The van der Waals surface area contributed by atoms with E-state index in [-0.39, 0.29) is 11.8 Å². The lowest BCUT2D eigenvalue weighted by atomic mass is 10.0. The van der Waals surface area contributed by atoms with Gasteiger partial charge in [-0.15, -0.1) is 0 Å². The Bertz CT molecular complexity index is 1050. The molecule has 2 aromatic heterocycles. The fourth-order valence-electron chi connectivity index (χ4n) is 3.97. The Kier molecular flexibility index (Phi) is 6.23. The third-order valence-corrected chi connectivity index (χ3v) is 5.76. The van der Waals surface area contributed by atoms with E-state index in [2.05, 4.69) is 41.0 Å². The Morgan fingerprint density at radius 1 is 1.16 bits per heavy atom. The van der Waals surface area contributed by atoms with Gasteiger partial charge in [0.15, 0.2) is 0 Å². The van der Waals surface area contributed by atoms with Gasteiger partial charge in [0.25, 0.3) is 11.6 Å². The number of piperazine rings is 1. The van der Waals surface area contributed by atoms with Crippen molar-refractivity contribution in [2.75, 3.05) is 32.8 Å². The fraction of sp³-hybridized carbons (Fsp3) is 0.458. The van der Waals surface area contributed by atoms with E-state index < -0.39 is 0 Å². The topological polar surface area (TPSA) is 71.7 Å². The summed E-state index contributed by atoms with van der Waals surface area (Å²) >= 11 is 0. The molecule has 1 aliphatic rings. The SMILES string of the molecule is CCOc1ccc(CN2CCN(C(=O)c3cc(C(C)C)nc4onc(C)c34)CC2)cc1. The van der Waals surface area contributed by atoms with Gasteiger partial charge in [0.05, 0.1) is 23.3 Å². The molecule has 0 spiro atoms. The van der Waals surface area contributed by atoms with Gasteiger partial charge in [0.1, 0.15) is 5.75 Å². The van der Waals surface area contributed by atoms with Crippen LogP contribution in [0.3, 0.4) is 0 Å². The molecule has 3 heterocycles. The van der Waals surface area contributed by atoms with E-state index in [0.717, 1.165) is 36.5 Å². The number of amides is 1. The third-order valence-electron chi connectivity index (χ3n) is 5.76. The van der Waals surface area contributed by atoms with Crippen molar-refractivity contribution in [2.24, 2.45) is 0 Å². The van der Waals surface area contributed by atoms with Crippen LogP contribution in [0.2, 0.25) is 0 Å². The number of ether oxygens (including phenoxy) is 1. The Balaban J connectivity index is 1.44. The lowest BCUT2D eigenvalue weighted by Gasteiger charge is -2.35. The number of carbonyl (C=O) groups is 1. The summed E-state index contributed by atoms with van der Waals surface area (Å²) in [6.07, 6.45) is 0. The van der Waals surface area contributed by atoms with Crippen LogP contribution in [0.1, 0.15) is 54.0 Å². The standard InChI is InChI=1S/C24H30N4O3/c1-5-30-19-8-6-18(7-9-19)15-27-10-12-28(13-11-27)24(29)20-14-21(16(2)3)25-23-22(20)17(4)26-31-23/h6-9,14,16H,5,10-13,15H2,1-4H3. The number of hydrogen-bond donors (Lipinski definition) is 0. The predicted octanol–water partition coefficient (Wildman–Crippen LogP) is 4.01. The summed E-state index contributed by atoms with van der Waals surface area (Å²) in [6.45, 7) is 12.6. The second-order valence-electron chi connectivity index (χ2n) is 8.34. The highest BCUT2D eigenvalue weighted by molar-refractivity contribution is 6.06. The summed E-state index contributed by atoms with van der Waals surface area (Å²) in [5, 5.41) is 4.76. The summed E-state index contributed by atoms with van der Waals surface area (Å²) in [6, 6.07) is 10.2. The number of aryl methyl sites for hydroxylation is 1. The molecule has 1 amide bonds. The third kappa shape index (κ3) is 4.56. The largest absolute Gasteiger partial charge is 0.494 e. The van der Waals surface area contributed by atoms with Crippen LogP contribution in [0.15, 0.2) is 34.9 Å². The second kappa shape index (κ2) is 9.06. The number of rotatable bonds is 6. The summed E-state index contributed by atoms with van der Waals surface area (Å²) in [5.74, 6) is 1.13. The number of hydrogen-bond acceptors (Lipinski definition) is 6. The van der Waals surface area contributed by atoms with E-state index in [0.29, 0.717) is 36.7 Å². The number of nitrogens with zero attached hydrogens (tertiary/aromatic N) is 4. The fourth-order valence-corrected chi connectivity index (χ4v) is 3.97. The maximum atomic E-state index is 13.4. The second-order valence-corrected chi connectivity index (χ2v) is 8.34. The summed E-state index contributed by atoms with van der Waals surface area (Å²) in [7, 11) is 0. The Hall–Kier alpha value is -2.93. The van der Waals surface area contributed by atoms with Crippen molar-refractivity contribution in [1.82, 2.24) is 19.9 Å². The molecule has 164 valence electrons. The highest BCUT2D eigenvalue weighted by atomic mass is 16.5. The van der Waals surface area contributed by atoms with Gasteiger partial charge in [0.2, 0.25) is 0 Å². The normalized spacial score (nSPS) is 15.1. The zero-order chi connectivity index (χ0) is 22.0. The average Bonchev–Trinajstić information content (AvgIpc) is 3.15. The monoisotopic (exact) mass is 422 g/mol. The van der Waals surface area contributed by atoms with E-state index in [1.165, 1.54) is 5.56 Å². The molecule has 0 radical (unpaired) electrons. The highest BCUT2D eigenvalue weighted by Gasteiger charge is 2.26. The molecule has 7 heteroatoms. The maximum absolute atomic E-state index is 13.4. The molecule has 3 aromatic rings. The molecule has 0 aliphatic carbocycles. The van der Waals surface area contributed by atoms with Crippen molar-refractivity contribution in [3.8, 4) is 5.75 Å². The van der Waals surface area contributed by atoms with Crippen LogP contribution in [0.4, 0.5) is 0 Å². The number of fused-ring (bicyclic) bond motifs is 1. The van der Waals surface area contributed by atoms with Crippen molar-refractivity contribution in [2.45, 2.75) is 40.2 Å². The van der Waals surface area contributed by atoms with Crippen LogP contribution in [0.25, 0.3) is 11.1 Å².